The van der Waals surface area contributed by atoms with Gasteiger partial charge < -0.3 is 8.94 Å². The second-order valence-corrected chi connectivity index (χ2v) is 7.80. The number of benzene rings is 2. The summed E-state index contributed by atoms with van der Waals surface area (Å²) < 4.78 is 11.3. The van der Waals surface area contributed by atoms with Crippen molar-refractivity contribution in [2.75, 3.05) is 26.2 Å². The molecule has 2 aromatic carbocycles. The van der Waals surface area contributed by atoms with E-state index >= 15 is 0 Å². The van der Waals surface area contributed by atoms with Gasteiger partial charge in [-0.15, -0.1) is 10.2 Å². The van der Waals surface area contributed by atoms with Crippen molar-refractivity contribution >= 4 is 0 Å². The molecular formula is C23H24N6O2. The minimum Gasteiger partial charge on any atom is -0.419 e. The molecule has 0 unspecified atom stereocenters. The van der Waals surface area contributed by atoms with E-state index in [0.29, 0.717) is 36.6 Å². The van der Waals surface area contributed by atoms with Crippen LogP contribution in [0.1, 0.15) is 17.3 Å². The van der Waals surface area contributed by atoms with E-state index in [-0.39, 0.29) is 0 Å². The molecule has 0 radical (unpaired) electrons. The van der Waals surface area contributed by atoms with Crippen LogP contribution in [0.4, 0.5) is 0 Å². The first kappa shape index (κ1) is 19.6. The number of rotatable bonds is 6. The normalized spacial score (nSPS) is 15.4. The summed E-state index contributed by atoms with van der Waals surface area (Å²) >= 11 is 0. The largest absolute Gasteiger partial charge is 0.419 e. The van der Waals surface area contributed by atoms with Crippen molar-refractivity contribution in [3.8, 4) is 22.8 Å². The first-order valence-electron chi connectivity index (χ1n) is 10.4. The minimum absolute atomic E-state index is 0.565. The number of piperazine rings is 1. The molecule has 1 aliphatic rings. The Morgan fingerprint density at radius 3 is 2.16 bits per heavy atom. The van der Waals surface area contributed by atoms with Gasteiger partial charge in [-0.25, -0.2) is 0 Å². The highest BCUT2D eigenvalue weighted by molar-refractivity contribution is 5.54. The third-order valence-electron chi connectivity index (χ3n) is 5.45. The second-order valence-electron chi connectivity index (χ2n) is 7.80. The molecule has 1 fully saturated rings. The highest BCUT2D eigenvalue weighted by Crippen LogP contribution is 2.19. The maximum Gasteiger partial charge on any atom is 0.247 e. The minimum atomic E-state index is 0.565. The van der Waals surface area contributed by atoms with Crippen LogP contribution in [0, 0.1) is 6.92 Å². The summed E-state index contributed by atoms with van der Waals surface area (Å²) in [6.07, 6.45) is 0. The van der Waals surface area contributed by atoms with E-state index in [9.17, 15) is 0 Å². The van der Waals surface area contributed by atoms with Gasteiger partial charge in [0.2, 0.25) is 23.5 Å². The Kier molecular flexibility index (Phi) is 5.56. The average Bonchev–Trinajstić information content (AvgIpc) is 3.46. The van der Waals surface area contributed by atoms with Gasteiger partial charge in [0.25, 0.3) is 0 Å². The van der Waals surface area contributed by atoms with Crippen LogP contribution in [0.25, 0.3) is 22.8 Å². The van der Waals surface area contributed by atoms with Gasteiger partial charge in [-0.3, -0.25) is 9.80 Å². The highest BCUT2D eigenvalue weighted by atomic mass is 16.5. The fourth-order valence-corrected chi connectivity index (χ4v) is 3.64. The van der Waals surface area contributed by atoms with Crippen molar-refractivity contribution in [2.45, 2.75) is 20.0 Å². The molecule has 2 aromatic heterocycles. The molecule has 1 saturated heterocycles. The number of nitrogens with zero attached hydrogens (tertiary/aromatic N) is 6. The Bertz CT molecular complexity index is 1110. The lowest BCUT2D eigenvalue weighted by molar-refractivity contribution is 0.106. The Morgan fingerprint density at radius 2 is 1.45 bits per heavy atom. The Labute approximate surface area is 180 Å². The Morgan fingerprint density at radius 1 is 0.774 bits per heavy atom. The van der Waals surface area contributed by atoms with E-state index in [1.807, 2.05) is 42.5 Å². The van der Waals surface area contributed by atoms with Crippen LogP contribution in [-0.2, 0) is 13.1 Å². The van der Waals surface area contributed by atoms with Gasteiger partial charge >= 0.3 is 0 Å². The topological polar surface area (TPSA) is 84.3 Å². The lowest BCUT2D eigenvalue weighted by Crippen LogP contribution is -2.45. The van der Waals surface area contributed by atoms with Gasteiger partial charge in [0.05, 0.1) is 13.1 Å². The lowest BCUT2D eigenvalue weighted by atomic mass is 10.1. The molecule has 8 nitrogen and oxygen atoms in total. The van der Waals surface area contributed by atoms with Gasteiger partial charge in [0.1, 0.15) is 0 Å². The van der Waals surface area contributed by atoms with Crippen LogP contribution in [0.3, 0.4) is 0 Å². The van der Waals surface area contributed by atoms with Crippen LogP contribution < -0.4 is 0 Å². The molecule has 158 valence electrons. The molecule has 0 saturated carbocycles. The van der Waals surface area contributed by atoms with Crippen LogP contribution in [0.2, 0.25) is 0 Å². The summed E-state index contributed by atoms with van der Waals surface area (Å²) in [7, 11) is 0. The Balaban J connectivity index is 1.13. The predicted molar refractivity (Wildman–Crippen MR) is 115 cm³/mol. The van der Waals surface area contributed by atoms with Crippen molar-refractivity contribution in [1.82, 2.24) is 30.1 Å². The van der Waals surface area contributed by atoms with E-state index in [2.05, 4.69) is 49.2 Å². The van der Waals surface area contributed by atoms with Crippen molar-refractivity contribution < 1.29 is 8.94 Å². The zero-order chi connectivity index (χ0) is 21.0. The van der Waals surface area contributed by atoms with Crippen molar-refractivity contribution in [1.29, 1.82) is 0 Å². The van der Waals surface area contributed by atoms with Gasteiger partial charge in [-0.2, -0.15) is 4.98 Å². The molecule has 31 heavy (non-hydrogen) atoms. The Hall–Kier alpha value is -3.36. The molecule has 5 rings (SSSR count). The predicted octanol–water partition coefficient (Wildman–Crippen LogP) is 3.41. The summed E-state index contributed by atoms with van der Waals surface area (Å²) in [6.45, 7) is 7.05. The van der Waals surface area contributed by atoms with Crippen molar-refractivity contribution in [3.05, 3.63) is 71.9 Å². The molecular weight excluding hydrogens is 392 g/mol. The zero-order valence-corrected chi connectivity index (χ0v) is 17.4. The van der Waals surface area contributed by atoms with Crippen LogP contribution in [0.15, 0.2) is 63.5 Å². The molecule has 3 heterocycles. The molecule has 4 aromatic rings. The number of aromatic nitrogens is 4. The number of hydrogen-bond acceptors (Lipinski definition) is 8. The molecule has 1 aliphatic heterocycles. The molecule has 0 spiro atoms. The van der Waals surface area contributed by atoms with Crippen LogP contribution in [0.5, 0.6) is 0 Å². The standard InChI is InChI=1S/C23H24N6O2/c1-17-7-9-18(10-8-17)22-24-20(31-27-22)15-28-11-13-29(14-12-28)16-21-25-26-23(30-21)19-5-3-2-4-6-19/h2-10H,11-16H2,1H3. The van der Waals surface area contributed by atoms with E-state index in [0.717, 1.165) is 37.3 Å². The molecule has 0 atom stereocenters. The molecule has 0 aliphatic carbocycles. The zero-order valence-electron chi connectivity index (χ0n) is 17.4. The van der Waals surface area contributed by atoms with Gasteiger partial charge in [0, 0.05) is 37.3 Å². The molecule has 0 amide bonds. The van der Waals surface area contributed by atoms with E-state index in [4.69, 9.17) is 8.94 Å². The van der Waals surface area contributed by atoms with E-state index in [1.54, 1.807) is 0 Å². The van der Waals surface area contributed by atoms with Crippen LogP contribution >= 0.6 is 0 Å². The maximum atomic E-state index is 5.84. The third kappa shape index (κ3) is 4.70. The average molecular weight is 416 g/mol. The van der Waals surface area contributed by atoms with Gasteiger partial charge in [-0.05, 0) is 19.1 Å². The molecule has 8 heteroatoms. The number of aryl methyl sites for hydroxylation is 1. The monoisotopic (exact) mass is 416 g/mol. The second kappa shape index (κ2) is 8.79. The summed E-state index contributed by atoms with van der Waals surface area (Å²) in [6, 6.07) is 18.0. The fraction of sp³-hybridized carbons (Fsp3) is 0.304. The summed E-state index contributed by atoms with van der Waals surface area (Å²) in [5.74, 6) is 2.50. The maximum absolute atomic E-state index is 5.84. The van der Waals surface area contributed by atoms with E-state index in [1.165, 1.54) is 5.56 Å². The summed E-state index contributed by atoms with van der Waals surface area (Å²) in [5, 5.41) is 12.5. The SMILES string of the molecule is Cc1ccc(-c2noc(CN3CCN(Cc4nnc(-c5ccccc5)o4)CC3)n2)cc1. The molecule has 0 bridgehead atoms. The highest BCUT2D eigenvalue weighted by Gasteiger charge is 2.21. The van der Waals surface area contributed by atoms with Gasteiger partial charge in [0.15, 0.2) is 0 Å². The summed E-state index contributed by atoms with van der Waals surface area (Å²) in [4.78, 5) is 9.21. The first-order valence-corrected chi connectivity index (χ1v) is 10.4. The van der Waals surface area contributed by atoms with E-state index < -0.39 is 0 Å². The first-order chi connectivity index (χ1) is 15.2. The smallest absolute Gasteiger partial charge is 0.247 e. The van der Waals surface area contributed by atoms with Crippen LogP contribution in [-0.4, -0.2) is 56.3 Å². The quantitative estimate of drug-likeness (QED) is 0.473. The fourth-order valence-electron chi connectivity index (χ4n) is 3.64. The molecule has 0 N–H and O–H groups in total. The number of hydrogen-bond donors (Lipinski definition) is 0. The van der Waals surface area contributed by atoms with Crippen molar-refractivity contribution in [2.24, 2.45) is 0 Å². The van der Waals surface area contributed by atoms with Crippen molar-refractivity contribution in [3.63, 3.8) is 0 Å². The lowest BCUT2D eigenvalue weighted by Gasteiger charge is -2.32. The summed E-state index contributed by atoms with van der Waals surface area (Å²) in [5.41, 5.74) is 3.12. The van der Waals surface area contributed by atoms with Gasteiger partial charge in [-0.1, -0.05) is 53.2 Å². The third-order valence-corrected chi connectivity index (χ3v) is 5.45.